The monoisotopic (exact) mass is 259 g/mol. The molecule has 0 atom stereocenters. The molecule has 1 N–H and O–H groups in total. The zero-order valence-corrected chi connectivity index (χ0v) is 10.8. The lowest BCUT2D eigenvalue weighted by Gasteiger charge is -2.08. The molecule has 100 valence electrons. The molecule has 0 unspecified atom stereocenters. The number of benzene rings is 1. The van der Waals surface area contributed by atoms with Crippen molar-refractivity contribution in [2.24, 2.45) is 0 Å². The second-order valence-corrected chi connectivity index (χ2v) is 5.13. The number of aromatic nitrogens is 2. The molecule has 0 bridgehead atoms. The Morgan fingerprint density at radius 1 is 1.21 bits per heavy atom. The van der Waals surface area contributed by atoms with Crippen LogP contribution in [0.1, 0.15) is 37.3 Å². The van der Waals surface area contributed by atoms with E-state index in [1.54, 1.807) is 12.1 Å². The number of hydrogen-bond acceptors (Lipinski definition) is 2. The third kappa shape index (κ3) is 2.95. The number of nitrogens with zero attached hydrogens (tertiary/aromatic N) is 2. The Kier molecular flexibility index (Phi) is 3.49. The van der Waals surface area contributed by atoms with Crippen molar-refractivity contribution in [3.63, 3.8) is 0 Å². The van der Waals surface area contributed by atoms with E-state index in [1.807, 2.05) is 6.20 Å². The van der Waals surface area contributed by atoms with Crippen molar-refractivity contribution < 1.29 is 4.39 Å². The highest BCUT2D eigenvalue weighted by molar-refractivity contribution is 5.39. The molecule has 0 radical (unpaired) electrons. The minimum Gasteiger partial charge on any atom is -0.378 e. The van der Waals surface area contributed by atoms with Gasteiger partial charge in [-0.25, -0.2) is 4.39 Å². The van der Waals surface area contributed by atoms with Crippen LogP contribution in [0.25, 0.3) is 0 Å². The molecule has 0 aliphatic heterocycles. The van der Waals surface area contributed by atoms with Gasteiger partial charge in [0.05, 0.1) is 17.9 Å². The van der Waals surface area contributed by atoms with E-state index in [0.29, 0.717) is 12.6 Å². The first kappa shape index (κ1) is 12.2. The molecule has 4 heteroatoms. The number of halogens is 1. The minimum atomic E-state index is -0.196. The van der Waals surface area contributed by atoms with E-state index in [1.165, 1.54) is 37.8 Å². The van der Waals surface area contributed by atoms with Crippen molar-refractivity contribution in [1.29, 1.82) is 0 Å². The third-order valence-corrected chi connectivity index (χ3v) is 3.71. The van der Waals surface area contributed by atoms with Crippen LogP contribution in [-0.2, 0) is 6.54 Å². The average molecular weight is 259 g/mol. The lowest BCUT2D eigenvalue weighted by molar-refractivity contribution is 0.467. The summed E-state index contributed by atoms with van der Waals surface area (Å²) < 4.78 is 14.9. The standard InChI is InChI=1S/C15H18FN3/c16-13-7-5-12(6-8-13)9-17-14-10-18-19(11-14)15-3-1-2-4-15/h5-8,10-11,15,17H,1-4,9H2. The highest BCUT2D eigenvalue weighted by Gasteiger charge is 2.17. The number of hydrogen-bond donors (Lipinski definition) is 1. The zero-order valence-electron chi connectivity index (χ0n) is 10.8. The first-order valence-electron chi connectivity index (χ1n) is 6.84. The molecular formula is C15H18FN3. The molecular weight excluding hydrogens is 241 g/mol. The maximum absolute atomic E-state index is 12.8. The van der Waals surface area contributed by atoms with Crippen LogP contribution in [0.15, 0.2) is 36.7 Å². The first-order valence-corrected chi connectivity index (χ1v) is 6.84. The smallest absolute Gasteiger partial charge is 0.123 e. The van der Waals surface area contributed by atoms with Crippen molar-refractivity contribution in [1.82, 2.24) is 9.78 Å². The molecule has 1 aliphatic carbocycles. The fourth-order valence-electron chi connectivity index (χ4n) is 2.60. The summed E-state index contributed by atoms with van der Waals surface area (Å²) in [4.78, 5) is 0. The average Bonchev–Trinajstić information content (AvgIpc) is 3.09. The predicted molar refractivity (Wildman–Crippen MR) is 73.5 cm³/mol. The topological polar surface area (TPSA) is 29.9 Å². The van der Waals surface area contributed by atoms with E-state index in [2.05, 4.69) is 21.3 Å². The Balaban J connectivity index is 1.59. The highest BCUT2D eigenvalue weighted by Crippen LogP contribution is 2.29. The van der Waals surface area contributed by atoms with Gasteiger partial charge < -0.3 is 5.32 Å². The highest BCUT2D eigenvalue weighted by atomic mass is 19.1. The van der Waals surface area contributed by atoms with E-state index in [4.69, 9.17) is 0 Å². The fraction of sp³-hybridized carbons (Fsp3) is 0.400. The van der Waals surface area contributed by atoms with E-state index < -0.39 is 0 Å². The lowest BCUT2D eigenvalue weighted by atomic mass is 10.2. The Labute approximate surface area is 112 Å². The fourth-order valence-corrected chi connectivity index (χ4v) is 2.60. The van der Waals surface area contributed by atoms with Crippen LogP contribution in [0.2, 0.25) is 0 Å². The molecule has 19 heavy (non-hydrogen) atoms. The molecule has 0 spiro atoms. The van der Waals surface area contributed by atoms with Crippen LogP contribution in [0.4, 0.5) is 10.1 Å². The predicted octanol–water partition coefficient (Wildman–Crippen LogP) is 3.75. The number of anilines is 1. The van der Waals surface area contributed by atoms with E-state index in [9.17, 15) is 4.39 Å². The largest absolute Gasteiger partial charge is 0.378 e. The molecule has 2 aromatic rings. The maximum Gasteiger partial charge on any atom is 0.123 e. The van der Waals surface area contributed by atoms with Crippen molar-refractivity contribution in [3.05, 3.63) is 48.0 Å². The van der Waals surface area contributed by atoms with Gasteiger partial charge in [0, 0.05) is 12.7 Å². The molecule has 0 amide bonds. The van der Waals surface area contributed by atoms with Crippen molar-refractivity contribution in [3.8, 4) is 0 Å². The van der Waals surface area contributed by atoms with E-state index in [-0.39, 0.29) is 5.82 Å². The van der Waals surface area contributed by atoms with Gasteiger partial charge in [-0.05, 0) is 30.5 Å². The molecule has 1 heterocycles. The Morgan fingerprint density at radius 3 is 2.68 bits per heavy atom. The van der Waals surface area contributed by atoms with Gasteiger partial charge in [0.15, 0.2) is 0 Å². The van der Waals surface area contributed by atoms with Crippen molar-refractivity contribution >= 4 is 5.69 Å². The molecule has 3 nitrogen and oxygen atoms in total. The molecule has 0 saturated heterocycles. The Morgan fingerprint density at radius 2 is 1.95 bits per heavy atom. The molecule has 1 aromatic heterocycles. The van der Waals surface area contributed by atoms with Crippen LogP contribution in [0, 0.1) is 5.82 Å². The van der Waals surface area contributed by atoms with Crippen LogP contribution < -0.4 is 5.32 Å². The normalized spacial score (nSPS) is 15.8. The van der Waals surface area contributed by atoms with Crippen molar-refractivity contribution in [2.45, 2.75) is 38.3 Å². The molecule has 1 saturated carbocycles. The molecule has 1 aliphatic rings. The van der Waals surface area contributed by atoms with Crippen LogP contribution in [-0.4, -0.2) is 9.78 Å². The summed E-state index contributed by atoms with van der Waals surface area (Å²) in [6.07, 6.45) is 9.02. The third-order valence-electron chi connectivity index (χ3n) is 3.71. The minimum absolute atomic E-state index is 0.196. The summed E-state index contributed by atoms with van der Waals surface area (Å²) in [6.45, 7) is 0.691. The molecule has 1 aromatic carbocycles. The first-order chi connectivity index (χ1) is 9.31. The summed E-state index contributed by atoms with van der Waals surface area (Å²) in [7, 11) is 0. The van der Waals surface area contributed by atoms with Gasteiger partial charge in [0.2, 0.25) is 0 Å². The summed E-state index contributed by atoms with van der Waals surface area (Å²) >= 11 is 0. The van der Waals surface area contributed by atoms with Gasteiger partial charge in [0.25, 0.3) is 0 Å². The summed E-state index contributed by atoms with van der Waals surface area (Å²) in [6, 6.07) is 7.13. The van der Waals surface area contributed by atoms with Crippen LogP contribution in [0.3, 0.4) is 0 Å². The van der Waals surface area contributed by atoms with Gasteiger partial charge in [0.1, 0.15) is 5.82 Å². The molecule has 3 rings (SSSR count). The van der Waals surface area contributed by atoms with Crippen LogP contribution in [0.5, 0.6) is 0 Å². The van der Waals surface area contributed by atoms with Crippen molar-refractivity contribution in [2.75, 3.05) is 5.32 Å². The van der Waals surface area contributed by atoms with E-state index >= 15 is 0 Å². The number of nitrogens with one attached hydrogen (secondary N) is 1. The second kappa shape index (κ2) is 5.43. The van der Waals surface area contributed by atoms with Gasteiger partial charge in [-0.3, -0.25) is 4.68 Å². The summed E-state index contributed by atoms with van der Waals surface area (Å²) in [5.41, 5.74) is 2.09. The number of rotatable bonds is 4. The summed E-state index contributed by atoms with van der Waals surface area (Å²) in [5.74, 6) is -0.196. The Hall–Kier alpha value is -1.84. The molecule has 1 fully saturated rings. The maximum atomic E-state index is 12.8. The summed E-state index contributed by atoms with van der Waals surface area (Å²) in [5, 5.41) is 7.74. The van der Waals surface area contributed by atoms with Gasteiger partial charge in [-0.2, -0.15) is 5.10 Å². The SMILES string of the molecule is Fc1ccc(CNc2cnn(C3CCCC3)c2)cc1. The van der Waals surface area contributed by atoms with Gasteiger partial charge >= 0.3 is 0 Å². The van der Waals surface area contributed by atoms with Gasteiger partial charge in [-0.1, -0.05) is 25.0 Å². The quantitative estimate of drug-likeness (QED) is 0.906. The lowest BCUT2D eigenvalue weighted by Crippen LogP contribution is -2.04. The Bertz CT molecular complexity index is 527. The van der Waals surface area contributed by atoms with Gasteiger partial charge in [-0.15, -0.1) is 0 Å². The van der Waals surface area contributed by atoms with Crippen LogP contribution >= 0.6 is 0 Å². The second-order valence-electron chi connectivity index (χ2n) is 5.13. The zero-order chi connectivity index (χ0) is 13.1. The van der Waals surface area contributed by atoms with E-state index in [0.717, 1.165) is 11.3 Å².